The van der Waals surface area contributed by atoms with Crippen molar-refractivity contribution in [3.8, 4) is 35.0 Å². The molecule has 0 saturated carbocycles. The van der Waals surface area contributed by atoms with Crippen LogP contribution in [0.3, 0.4) is 0 Å². The van der Waals surface area contributed by atoms with Crippen LogP contribution < -0.4 is 14.8 Å². The lowest BCUT2D eigenvalue weighted by molar-refractivity contribution is -0.115. The van der Waals surface area contributed by atoms with Gasteiger partial charge in [-0.25, -0.2) is 0 Å². The van der Waals surface area contributed by atoms with E-state index in [1.807, 2.05) is 42.5 Å². The molecule has 28 heavy (non-hydrogen) atoms. The molecule has 1 N–H and O–H groups in total. The highest BCUT2D eigenvalue weighted by molar-refractivity contribution is 5.95. The molecule has 0 aliphatic heterocycles. The number of nitrogens with one attached hydrogen (secondary N) is 1. The van der Waals surface area contributed by atoms with Crippen molar-refractivity contribution >= 4 is 11.7 Å². The Morgan fingerprint density at radius 1 is 1.21 bits per heavy atom. The zero-order chi connectivity index (χ0) is 19.9. The molecule has 0 atom stereocenters. The number of benzene rings is 2. The number of carbonyl (C=O) groups excluding carboxylic acids is 1. The lowest BCUT2D eigenvalue weighted by Crippen LogP contribution is -2.17. The fraction of sp³-hybridized carbons (Fsp3) is 0.182. The van der Waals surface area contributed by atoms with E-state index in [1.165, 1.54) is 0 Å². The molecule has 3 aromatic rings. The molecule has 3 rings (SSSR count). The summed E-state index contributed by atoms with van der Waals surface area (Å²) in [5.41, 5.74) is 2.57. The molecule has 2 aromatic carbocycles. The van der Waals surface area contributed by atoms with Crippen molar-refractivity contribution < 1.29 is 14.3 Å². The summed E-state index contributed by atoms with van der Waals surface area (Å²) < 4.78 is 12.5. The van der Waals surface area contributed by atoms with Gasteiger partial charge in [0.2, 0.25) is 5.91 Å². The van der Waals surface area contributed by atoms with Crippen molar-refractivity contribution in [1.82, 2.24) is 9.78 Å². The second-order valence-corrected chi connectivity index (χ2v) is 6.10. The maximum absolute atomic E-state index is 12.5. The van der Waals surface area contributed by atoms with Crippen LogP contribution in [0.4, 0.5) is 5.82 Å². The van der Waals surface area contributed by atoms with Crippen molar-refractivity contribution in [3.63, 3.8) is 0 Å². The second-order valence-electron chi connectivity index (χ2n) is 6.10. The van der Waals surface area contributed by atoms with Crippen LogP contribution in [0.25, 0.3) is 11.1 Å². The molecule has 1 amide bonds. The summed E-state index contributed by atoms with van der Waals surface area (Å²) in [5.74, 6) is 4.04. The van der Waals surface area contributed by atoms with E-state index in [9.17, 15) is 4.79 Å². The summed E-state index contributed by atoms with van der Waals surface area (Å²) in [4.78, 5) is 12.5. The van der Waals surface area contributed by atoms with Crippen LogP contribution in [-0.2, 0) is 18.3 Å². The number of ether oxygens (including phenoxy) is 2. The van der Waals surface area contributed by atoms with Crippen molar-refractivity contribution in [3.05, 3.63) is 60.3 Å². The SMILES string of the molecule is C#CCOc1ccc(-c2cnn(C)c2NC(=O)Cc2ccccc2)cc1OC. The molecule has 1 heterocycles. The molecule has 0 radical (unpaired) electrons. The minimum absolute atomic E-state index is 0.114. The number of amides is 1. The number of methoxy groups -OCH3 is 1. The molecule has 0 unspecified atom stereocenters. The minimum Gasteiger partial charge on any atom is -0.493 e. The smallest absolute Gasteiger partial charge is 0.229 e. The van der Waals surface area contributed by atoms with Crippen molar-refractivity contribution in [2.24, 2.45) is 7.05 Å². The summed E-state index contributed by atoms with van der Waals surface area (Å²) in [6.07, 6.45) is 7.23. The molecule has 0 fully saturated rings. The third kappa shape index (κ3) is 4.33. The van der Waals surface area contributed by atoms with Gasteiger partial charge in [0.1, 0.15) is 12.4 Å². The lowest BCUT2D eigenvalue weighted by Gasteiger charge is -2.12. The molecule has 0 bridgehead atoms. The fourth-order valence-electron chi connectivity index (χ4n) is 2.83. The number of anilines is 1. The minimum atomic E-state index is -0.114. The number of carbonyl (C=O) groups is 1. The molecule has 0 aliphatic rings. The Bertz CT molecular complexity index is 1000. The van der Waals surface area contributed by atoms with E-state index in [2.05, 4.69) is 16.3 Å². The molecular formula is C22H21N3O3. The zero-order valence-corrected chi connectivity index (χ0v) is 15.8. The normalized spacial score (nSPS) is 10.2. The van der Waals surface area contributed by atoms with Gasteiger partial charge in [0, 0.05) is 12.6 Å². The van der Waals surface area contributed by atoms with Crippen LogP contribution in [0.2, 0.25) is 0 Å². The Morgan fingerprint density at radius 2 is 2.00 bits per heavy atom. The molecule has 0 saturated heterocycles. The summed E-state index contributed by atoms with van der Waals surface area (Å²) in [6, 6.07) is 15.1. The van der Waals surface area contributed by atoms with Gasteiger partial charge in [-0.15, -0.1) is 6.42 Å². The fourth-order valence-corrected chi connectivity index (χ4v) is 2.83. The second kappa shape index (κ2) is 8.78. The predicted molar refractivity (Wildman–Crippen MR) is 108 cm³/mol. The lowest BCUT2D eigenvalue weighted by atomic mass is 10.1. The Hall–Kier alpha value is -3.72. The summed E-state index contributed by atoms with van der Waals surface area (Å²) in [6.45, 7) is 0.156. The summed E-state index contributed by atoms with van der Waals surface area (Å²) >= 11 is 0. The van der Waals surface area contributed by atoms with Gasteiger partial charge in [-0.2, -0.15) is 5.10 Å². The Labute approximate surface area is 164 Å². The van der Waals surface area contributed by atoms with Gasteiger partial charge >= 0.3 is 0 Å². The Balaban J connectivity index is 1.84. The predicted octanol–water partition coefficient (Wildman–Crippen LogP) is 3.29. The first-order valence-electron chi connectivity index (χ1n) is 8.73. The van der Waals surface area contributed by atoms with E-state index in [-0.39, 0.29) is 18.9 Å². The van der Waals surface area contributed by atoms with Crippen LogP contribution in [-0.4, -0.2) is 29.4 Å². The van der Waals surface area contributed by atoms with Crippen LogP contribution in [0.15, 0.2) is 54.7 Å². The van der Waals surface area contributed by atoms with Gasteiger partial charge < -0.3 is 14.8 Å². The van der Waals surface area contributed by atoms with E-state index in [1.54, 1.807) is 31.1 Å². The van der Waals surface area contributed by atoms with Gasteiger partial charge in [0.15, 0.2) is 11.5 Å². The van der Waals surface area contributed by atoms with E-state index in [0.29, 0.717) is 17.3 Å². The van der Waals surface area contributed by atoms with E-state index >= 15 is 0 Å². The van der Waals surface area contributed by atoms with E-state index in [0.717, 1.165) is 16.7 Å². The molecule has 142 valence electrons. The number of aromatic nitrogens is 2. The number of aryl methyl sites for hydroxylation is 1. The highest BCUT2D eigenvalue weighted by Crippen LogP contribution is 2.35. The maximum Gasteiger partial charge on any atom is 0.229 e. The number of hydrogen-bond acceptors (Lipinski definition) is 4. The first kappa shape index (κ1) is 19.1. The Morgan fingerprint density at radius 3 is 2.71 bits per heavy atom. The number of hydrogen-bond donors (Lipinski definition) is 1. The molecule has 1 aromatic heterocycles. The quantitative estimate of drug-likeness (QED) is 0.644. The summed E-state index contributed by atoms with van der Waals surface area (Å²) in [5, 5.41) is 7.24. The van der Waals surface area contributed by atoms with Crippen molar-refractivity contribution in [2.45, 2.75) is 6.42 Å². The van der Waals surface area contributed by atoms with Gasteiger partial charge in [0.25, 0.3) is 0 Å². The standard InChI is InChI=1S/C22H21N3O3/c1-4-12-28-19-11-10-17(14-20(19)27-3)18-15-23-25(2)22(18)24-21(26)13-16-8-6-5-7-9-16/h1,5-11,14-15H,12-13H2,2-3H3,(H,24,26). The van der Waals surface area contributed by atoms with Crippen LogP contribution >= 0.6 is 0 Å². The van der Waals surface area contributed by atoms with Crippen LogP contribution in [0.1, 0.15) is 5.56 Å². The summed E-state index contributed by atoms with van der Waals surface area (Å²) in [7, 11) is 3.34. The third-order valence-electron chi connectivity index (χ3n) is 4.19. The molecule has 6 nitrogen and oxygen atoms in total. The molecular weight excluding hydrogens is 354 g/mol. The number of nitrogens with zero attached hydrogens (tertiary/aromatic N) is 2. The Kier molecular flexibility index (Phi) is 5.97. The molecule has 0 spiro atoms. The highest BCUT2D eigenvalue weighted by atomic mass is 16.5. The van der Waals surface area contributed by atoms with Crippen molar-refractivity contribution in [1.29, 1.82) is 0 Å². The van der Waals surface area contributed by atoms with E-state index in [4.69, 9.17) is 15.9 Å². The maximum atomic E-state index is 12.5. The largest absolute Gasteiger partial charge is 0.493 e. The third-order valence-corrected chi connectivity index (χ3v) is 4.19. The van der Waals surface area contributed by atoms with Crippen molar-refractivity contribution in [2.75, 3.05) is 19.0 Å². The average Bonchev–Trinajstić information content (AvgIpc) is 3.07. The average molecular weight is 375 g/mol. The topological polar surface area (TPSA) is 65.4 Å². The molecule has 6 heteroatoms. The first-order valence-corrected chi connectivity index (χ1v) is 8.73. The first-order chi connectivity index (χ1) is 13.6. The van der Waals surface area contributed by atoms with Crippen LogP contribution in [0.5, 0.6) is 11.5 Å². The number of rotatable bonds is 7. The zero-order valence-electron chi connectivity index (χ0n) is 15.8. The van der Waals surface area contributed by atoms with Crippen LogP contribution in [0, 0.1) is 12.3 Å². The van der Waals surface area contributed by atoms with Gasteiger partial charge in [-0.05, 0) is 23.3 Å². The van der Waals surface area contributed by atoms with E-state index < -0.39 is 0 Å². The monoisotopic (exact) mass is 375 g/mol. The highest BCUT2D eigenvalue weighted by Gasteiger charge is 2.16. The van der Waals surface area contributed by atoms with Gasteiger partial charge in [0.05, 0.1) is 19.7 Å². The number of terminal acetylenes is 1. The van der Waals surface area contributed by atoms with Gasteiger partial charge in [-0.3, -0.25) is 9.48 Å². The molecule has 0 aliphatic carbocycles. The van der Waals surface area contributed by atoms with Gasteiger partial charge in [-0.1, -0.05) is 42.3 Å².